The second-order valence-electron chi connectivity index (χ2n) is 4.89. The highest BCUT2D eigenvalue weighted by Gasteiger charge is 2.21. The van der Waals surface area contributed by atoms with Crippen LogP contribution in [0.2, 0.25) is 0 Å². The van der Waals surface area contributed by atoms with Gasteiger partial charge in [0.15, 0.2) is 6.10 Å². The number of carbonyl (C=O) groups is 2. The molecule has 1 rings (SSSR count). The van der Waals surface area contributed by atoms with Gasteiger partial charge in [-0.2, -0.15) is 0 Å². The van der Waals surface area contributed by atoms with Gasteiger partial charge in [-0.25, -0.2) is 18.4 Å². The average molecular weight is 334 g/mol. The molecule has 0 aromatic carbocycles. The Labute approximate surface area is 127 Å². The molecule has 0 saturated heterocycles. The first-order valence-corrected chi connectivity index (χ1v) is 8.64. The van der Waals surface area contributed by atoms with Crippen molar-refractivity contribution in [3.05, 3.63) is 17.0 Å². The molecule has 21 heavy (non-hydrogen) atoms. The first kappa shape index (κ1) is 17.6. The van der Waals surface area contributed by atoms with Gasteiger partial charge >= 0.3 is 5.97 Å². The summed E-state index contributed by atoms with van der Waals surface area (Å²) in [5.74, 6) is -0.890. The molecular weight excluding hydrogens is 316 g/mol. The Morgan fingerprint density at radius 1 is 1.38 bits per heavy atom. The number of hydrogen-bond acceptors (Lipinski definition) is 6. The Balaban J connectivity index is 2.64. The molecule has 0 saturated carbocycles. The number of thiophene rings is 1. The molecule has 1 aromatic heterocycles. The monoisotopic (exact) mass is 334 g/mol. The molecule has 0 aliphatic heterocycles. The van der Waals surface area contributed by atoms with E-state index < -0.39 is 28.0 Å². The van der Waals surface area contributed by atoms with Crippen LogP contribution in [0.1, 0.15) is 31.1 Å². The predicted molar refractivity (Wildman–Crippen MR) is 78.4 cm³/mol. The van der Waals surface area contributed by atoms with Crippen LogP contribution in [0.4, 0.5) is 0 Å². The summed E-state index contributed by atoms with van der Waals surface area (Å²) in [5, 5.41) is 8.91. The number of amides is 1. The van der Waals surface area contributed by atoms with Crippen LogP contribution < -0.4 is 10.5 Å². The molecule has 0 radical (unpaired) electrons. The quantitative estimate of drug-likeness (QED) is 0.743. The molecule has 7 nitrogen and oxygen atoms in total. The van der Waals surface area contributed by atoms with Crippen LogP contribution in [0.15, 0.2) is 15.7 Å². The van der Waals surface area contributed by atoms with Crippen LogP contribution >= 0.6 is 11.3 Å². The fourth-order valence-corrected chi connectivity index (χ4v) is 2.88. The molecule has 0 aliphatic rings. The van der Waals surface area contributed by atoms with Gasteiger partial charge in [-0.15, -0.1) is 11.3 Å². The maximum absolute atomic E-state index is 11.8. The number of ether oxygens (including phenoxy) is 1. The second-order valence-corrected chi connectivity index (χ2v) is 7.59. The Bertz CT molecular complexity index is 621. The van der Waals surface area contributed by atoms with Gasteiger partial charge in [-0.05, 0) is 18.9 Å². The maximum Gasteiger partial charge on any atom is 0.339 e. The highest BCUT2D eigenvalue weighted by molar-refractivity contribution is 7.91. The topological polar surface area (TPSA) is 116 Å². The fraction of sp³-hybridized carbons (Fsp3) is 0.500. The van der Waals surface area contributed by atoms with Crippen molar-refractivity contribution in [1.82, 2.24) is 5.32 Å². The number of carbonyl (C=O) groups excluding carboxylic acids is 2. The summed E-state index contributed by atoms with van der Waals surface area (Å²) in [7, 11) is -3.85. The molecule has 118 valence electrons. The number of nitrogens with two attached hydrogens (primary N) is 1. The van der Waals surface area contributed by atoms with Crippen LogP contribution in [0.3, 0.4) is 0 Å². The molecule has 1 unspecified atom stereocenters. The van der Waals surface area contributed by atoms with E-state index in [1.54, 1.807) is 0 Å². The first-order chi connectivity index (χ1) is 9.61. The highest BCUT2D eigenvalue weighted by Crippen LogP contribution is 2.19. The molecule has 1 amide bonds. The van der Waals surface area contributed by atoms with E-state index in [-0.39, 0.29) is 15.7 Å². The largest absolute Gasteiger partial charge is 0.449 e. The molecule has 1 heterocycles. The third-order valence-electron chi connectivity index (χ3n) is 2.43. The number of rotatable bonds is 6. The van der Waals surface area contributed by atoms with Gasteiger partial charge in [-0.1, -0.05) is 13.8 Å². The lowest BCUT2D eigenvalue weighted by molar-refractivity contribution is -0.129. The van der Waals surface area contributed by atoms with E-state index in [1.807, 2.05) is 13.8 Å². The summed E-state index contributed by atoms with van der Waals surface area (Å²) in [6, 6.07) is 1.13. The minimum Gasteiger partial charge on any atom is -0.449 e. The van der Waals surface area contributed by atoms with E-state index >= 15 is 0 Å². The van der Waals surface area contributed by atoms with Crippen molar-refractivity contribution in [2.45, 2.75) is 31.1 Å². The van der Waals surface area contributed by atoms with Crippen LogP contribution in [0.5, 0.6) is 0 Å². The Hall–Kier alpha value is -1.45. The van der Waals surface area contributed by atoms with Crippen LogP contribution in [-0.4, -0.2) is 32.9 Å². The molecule has 1 aromatic rings. The zero-order valence-corrected chi connectivity index (χ0v) is 13.6. The number of nitrogens with one attached hydrogen (secondary N) is 1. The van der Waals surface area contributed by atoms with Gasteiger partial charge < -0.3 is 10.1 Å². The summed E-state index contributed by atoms with van der Waals surface area (Å²) < 4.78 is 27.1. The smallest absolute Gasteiger partial charge is 0.339 e. The van der Waals surface area contributed by atoms with E-state index in [4.69, 9.17) is 9.88 Å². The lowest BCUT2D eigenvalue weighted by Gasteiger charge is -2.14. The summed E-state index contributed by atoms with van der Waals surface area (Å²) in [5.41, 5.74) is 0.0486. The summed E-state index contributed by atoms with van der Waals surface area (Å²) in [6.45, 7) is 5.81. The maximum atomic E-state index is 11.8. The van der Waals surface area contributed by atoms with Gasteiger partial charge in [0.2, 0.25) is 10.0 Å². The van der Waals surface area contributed by atoms with Crippen molar-refractivity contribution in [1.29, 1.82) is 0 Å². The SMILES string of the molecule is CC(C)CNC(=O)C(C)OC(=O)c1csc(S(N)(=O)=O)c1. The Morgan fingerprint density at radius 3 is 2.48 bits per heavy atom. The molecular formula is C12H18N2O5S2. The van der Waals surface area contributed by atoms with Crippen LogP contribution in [-0.2, 0) is 19.6 Å². The zero-order chi connectivity index (χ0) is 16.2. The van der Waals surface area contributed by atoms with Crippen molar-refractivity contribution in [3.8, 4) is 0 Å². The van der Waals surface area contributed by atoms with Crippen molar-refractivity contribution in [2.75, 3.05) is 6.54 Å². The third-order valence-corrected chi connectivity index (χ3v) is 4.82. The van der Waals surface area contributed by atoms with E-state index in [2.05, 4.69) is 5.32 Å². The molecule has 0 bridgehead atoms. The normalized spacial score (nSPS) is 13.0. The standard InChI is InChI=1S/C12H18N2O5S2/c1-7(2)5-14-11(15)8(3)19-12(16)9-4-10(20-6-9)21(13,17)18/h4,6-8H,5H2,1-3H3,(H,14,15)(H2,13,17,18). The number of primary sulfonamides is 1. The van der Waals surface area contributed by atoms with Gasteiger partial charge in [0.1, 0.15) is 4.21 Å². The number of sulfonamides is 1. The molecule has 1 atom stereocenters. The van der Waals surface area contributed by atoms with Crippen LogP contribution in [0.25, 0.3) is 0 Å². The molecule has 0 spiro atoms. The van der Waals surface area contributed by atoms with Gasteiger partial charge in [0.25, 0.3) is 5.91 Å². The van der Waals surface area contributed by atoms with Crippen molar-refractivity contribution < 1.29 is 22.7 Å². The number of esters is 1. The fourth-order valence-electron chi connectivity index (χ4n) is 1.30. The minimum absolute atomic E-state index is 0.0486. The van der Waals surface area contributed by atoms with Crippen molar-refractivity contribution in [3.63, 3.8) is 0 Å². The van der Waals surface area contributed by atoms with E-state index in [0.717, 1.165) is 17.4 Å². The molecule has 0 fully saturated rings. The van der Waals surface area contributed by atoms with Crippen molar-refractivity contribution >= 4 is 33.2 Å². The summed E-state index contributed by atoms with van der Waals surface area (Å²) >= 11 is 0.820. The molecule has 3 N–H and O–H groups in total. The van der Waals surface area contributed by atoms with E-state index in [1.165, 1.54) is 12.3 Å². The highest BCUT2D eigenvalue weighted by atomic mass is 32.2. The lowest BCUT2D eigenvalue weighted by Crippen LogP contribution is -2.37. The lowest BCUT2D eigenvalue weighted by atomic mass is 10.2. The van der Waals surface area contributed by atoms with Crippen LogP contribution in [0, 0.1) is 5.92 Å². The predicted octanol–water partition coefficient (Wildman–Crippen LogP) is 0.713. The Morgan fingerprint density at radius 2 is 2.00 bits per heavy atom. The van der Waals surface area contributed by atoms with Crippen molar-refractivity contribution in [2.24, 2.45) is 11.1 Å². The average Bonchev–Trinajstić information content (AvgIpc) is 2.85. The third kappa shape index (κ3) is 5.44. The van der Waals surface area contributed by atoms with Gasteiger partial charge in [0, 0.05) is 11.9 Å². The Kier molecular flexibility index (Phi) is 5.87. The van der Waals surface area contributed by atoms with E-state index in [0.29, 0.717) is 6.54 Å². The van der Waals surface area contributed by atoms with Gasteiger partial charge in [0.05, 0.1) is 5.56 Å². The van der Waals surface area contributed by atoms with E-state index in [9.17, 15) is 18.0 Å². The molecule has 0 aliphatic carbocycles. The first-order valence-electron chi connectivity index (χ1n) is 6.21. The summed E-state index contributed by atoms with van der Waals surface area (Å²) in [6.07, 6.45) is -0.964. The zero-order valence-electron chi connectivity index (χ0n) is 12.0. The molecule has 9 heteroatoms. The number of hydrogen-bond donors (Lipinski definition) is 2. The second kappa shape index (κ2) is 7.01. The summed E-state index contributed by atoms with van der Waals surface area (Å²) in [4.78, 5) is 23.5. The minimum atomic E-state index is -3.85. The van der Waals surface area contributed by atoms with Gasteiger partial charge in [-0.3, -0.25) is 4.79 Å².